The van der Waals surface area contributed by atoms with Gasteiger partial charge in [-0.2, -0.15) is 0 Å². The van der Waals surface area contributed by atoms with Gasteiger partial charge in [0.1, 0.15) is 0 Å². The number of carbonyl (C=O) groups excluding carboxylic acids is 1. The van der Waals surface area contributed by atoms with E-state index in [-0.39, 0.29) is 17.3 Å². The molecule has 0 bridgehead atoms. The number of amides is 1. The van der Waals surface area contributed by atoms with Crippen LogP contribution in [0.4, 0.5) is 5.69 Å². The number of carbonyl (C=O) groups is 1. The summed E-state index contributed by atoms with van der Waals surface area (Å²) < 4.78 is 27.3. The first kappa shape index (κ1) is 21.0. The fourth-order valence-electron chi connectivity index (χ4n) is 2.57. The van der Waals surface area contributed by atoms with Gasteiger partial charge in [-0.3, -0.25) is 9.79 Å². The normalized spacial score (nSPS) is 14.1. The van der Waals surface area contributed by atoms with Crippen LogP contribution in [-0.4, -0.2) is 36.9 Å². The van der Waals surface area contributed by atoms with Crippen LogP contribution in [0.25, 0.3) is 0 Å². The zero-order chi connectivity index (χ0) is 20.3. The number of hydrogen-bond acceptors (Lipinski definition) is 5. The summed E-state index contributed by atoms with van der Waals surface area (Å²) >= 11 is 13.4. The molecule has 0 aromatic heterocycles. The van der Waals surface area contributed by atoms with Crippen LogP contribution in [0.1, 0.15) is 12.5 Å². The van der Waals surface area contributed by atoms with Gasteiger partial charge in [0.15, 0.2) is 5.17 Å². The van der Waals surface area contributed by atoms with Gasteiger partial charge in [0.2, 0.25) is 5.91 Å². The molecule has 2 aromatic carbocycles. The van der Waals surface area contributed by atoms with E-state index < -0.39 is 10.0 Å². The number of anilines is 1. The number of sulfonamides is 1. The highest BCUT2D eigenvalue weighted by Crippen LogP contribution is 2.29. The first-order chi connectivity index (χ1) is 13.3. The van der Waals surface area contributed by atoms with Gasteiger partial charge in [0, 0.05) is 28.4 Å². The molecule has 0 spiro atoms. The molecule has 28 heavy (non-hydrogen) atoms. The highest BCUT2D eigenvalue weighted by Gasteiger charge is 2.31. The van der Waals surface area contributed by atoms with Gasteiger partial charge < -0.3 is 5.32 Å². The minimum atomic E-state index is -3.74. The quantitative estimate of drug-likeness (QED) is 0.727. The lowest BCUT2D eigenvalue weighted by Crippen LogP contribution is -2.32. The van der Waals surface area contributed by atoms with Gasteiger partial charge in [-0.1, -0.05) is 41.0 Å². The molecule has 0 saturated heterocycles. The van der Waals surface area contributed by atoms with E-state index in [0.717, 1.165) is 5.56 Å². The Labute approximate surface area is 178 Å². The van der Waals surface area contributed by atoms with Crippen molar-refractivity contribution in [1.82, 2.24) is 4.31 Å². The van der Waals surface area contributed by atoms with E-state index in [0.29, 0.717) is 33.2 Å². The van der Waals surface area contributed by atoms with Crippen LogP contribution in [0.15, 0.2) is 52.4 Å². The number of aliphatic imine (C=N–C) groups is 1. The Balaban J connectivity index is 1.74. The Morgan fingerprint density at radius 2 is 1.93 bits per heavy atom. The summed E-state index contributed by atoms with van der Waals surface area (Å²) in [5.41, 5.74) is 1.39. The molecule has 3 rings (SSSR count). The van der Waals surface area contributed by atoms with E-state index in [9.17, 15) is 13.2 Å². The Morgan fingerprint density at radius 1 is 1.21 bits per heavy atom. The molecule has 148 valence electrons. The number of rotatable bonds is 5. The van der Waals surface area contributed by atoms with E-state index in [2.05, 4.69) is 10.3 Å². The molecule has 0 fully saturated rings. The third kappa shape index (κ3) is 4.81. The lowest BCUT2D eigenvalue weighted by Gasteiger charge is -2.20. The summed E-state index contributed by atoms with van der Waals surface area (Å²) in [6.45, 7) is 2.08. The smallest absolute Gasteiger partial charge is 0.265 e. The van der Waals surface area contributed by atoms with Crippen LogP contribution in [-0.2, 0) is 20.6 Å². The van der Waals surface area contributed by atoms with E-state index in [1.165, 1.54) is 35.1 Å². The van der Waals surface area contributed by atoms with Crippen LogP contribution in [0.2, 0.25) is 10.0 Å². The van der Waals surface area contributed by atoms with Crippen molar-refractivity contribution in [1.29, 1.82) is 0 Å². The van der Waals surface area contributed by atoms with Crippen LogP contribution in [0.5, 0.6) is 0 Å². The molecule has 1 N–H and O–H groups in total. The monoisotopic (exact) mass is 457 g/mol. The third-order valence-corrected chi connectivity index (χ3v) is 7.47. The van der Waals surface area contributed by atoms with Gasteiger partial charge in [-0.25, -0.2) is 12.7 Å². The number of halogens is 2. The summed E-state index contributed by atoms with van der Waals surface area (Å²) in [4.78, 5) is 15.6. The van der Waals surface area contributed by atoms with Crippen LogP contribution in [0.3, 0.4) is 0 Å². The number of hydrogen-bond donors (Lipinski definition) is 1. The van der Waals surface area contributed by atoms with E-state index in [1.807, 2.05) is 6.07 Å². The predicted molar refractivity (Wildman–Crippen MR) is 115 cm³/mol. The lowest BCUT2D eigenvalue weighted by molar-refractivity contribution is -0.114. The standard InChI is InChI=1S/C18H17Cl2N3O3S2/c1-12(24)22-15-4-6-16(7-5-15)28(25,26)23-9-8-21-18(23)27-11-13-2-3-14(19)10-17(13)20/h2-7,10H,8-9,11H2,1H3,(H,22,24). The van der Waals surface area contributed by atoms with Crippen LogP contribution in [0, 0.1) is 0 Å². The van der Waals surface area contributed by atoms with Crippen molar-refractivity contribution in [2.75, 3.05) is 18.4 Å². The maximum atomic E-state index is 13.0. The van der Waals surface area contributed by atoms with Gasteiger partial charge >= 0.3 is 0 Å². The molecule has 6 nitrogen and oxygen atoms in total. The van der Waals surface area contributed by atoms with E-state index in [1.54, 1.807) is 24.3 Å². The summed E-state index contributed by atoms with van der Waals surface area (Å²) in [5.74, 6) is 0.254. The highest BCUT2D eigenvalue weighted by atomic mass is 35.5. The molecular formula is C18H17Cl2N3O3S2. The average molecular weight is 458 g/mol. The molecule has 1 amide bonds. The largest absolute Gasteiger partial charge is 0.326 e. The zero-order valence-electron chi connectivity index (χ0n) is 14.9. The summed E-state index contributed by atoms with van der Waals surface area (Å²) in [6.07, 6.45) is 0. The average Bonchev–Trinajstić information content (AvgIpc) is 3.10. The van der Waals surface area contributed by atoms with Gasteiger partial charge in [0.05, 0.1) is 18.0 Å². The summed E-state index contributed by atoms with van der Waals surface area (Å²) in [6, 6.07) is 11.3. The lowest BCUT2D eigenvalue weighted by atomic mass is 10.2. The first-order valence-electron chi connectivity index (χ1n) is 8.29. The fourth-order valence-corrected chi connectivity index (χ4v) is 5.85. The molecular weight excluding hydrogens is 441 g/mol. The summed E-state index contributed by atoms with van der Waals surface area (Å²) in [5, 5.41) is 4.11. The van der Waals surface area contributed by atoms with Gasteiger partial charge in [-0.15, -0.1) is 0 Å². The maximum absolute atomic E-state index is 13.0. The molecule has 1 aliphatic heterocycles. The first-order valence-corrected chi connectivity index (χ1v) is 11.5. The predicted octanol–water partition coefficient (Wildman–Crippen LogP) is 4.25. The number of nitrogens with one attached hydrogen (secondary N) is 1. The highest BCUT2D eigenvalue weighted by molar-refractivity contribution is 8.14. The van der Waals surface area contributed by atoms with Crippen molar-refractivity contribution in [2.45, 2.75) is 17.6 Å². The number of benzene rings is 2. The molecule has 1 heterocycles. The van der Waals surface area contributed by atoms with Gasteiger partial charge in [0.25, 0.3) is 10.0 Å². The Hall–Kier alpha value is -1.74. The second kappa shape index (κ2) is 8.73. The minimum absolute atomic E-state index is 0.140. The summed E-state index contributed by atoms with van der Waals surface area (Å²) in [7, 11) is -3.74. The van der Waals surface area contributed by atoms with Crippen molar-refractivity contribution >= 4 is 61.7 Å². The molecule has 0 radical (unpaired) electrons. The number of nitrogens with zero attached hydrogens (tertiary/aromatic N) is 2. The van der Waals surface area contributed by atoms with Crippen molar-refractivity contribution < 1.29 is 13.2 Å². The molecule has 0 aliphatic carbocycles. The van der Waals surface area contributed by atoms with Crippen molar-refractivity contribution in [2.24, 2.45) is 4.99 Å². The van der Waals surface area contributed by atoms with Crippen LogP contribution < -0.4 is 5.32 Å². The third-order valence-electron chi connectivity index (χ3n) is 3.90. The van der Waals surface area contributed by atoms with E-state index in [4.69, 9.17) is 23.2 Å². The minimum Gasteiger partial charge on any atom is -0.326 e. The Bertz CT molecular complexity index is 1020. The topological polar surface area (TPSA) is 78.8 Å². The number of thioether (sulfide) groups is 1. The molecule has 0 atom stereocenters. The maximum Gasteiger partial charge on any atom is 0.265 e. The Morgan fingerprint density at radius 3 is 2.57 bits per heavy atom. The molecule has 0 saturated carbocycles. The molecule has 10 heteroatoms. The second-order valence-electron chi connectivity index (χ2n) is 5.97. The van der Waals surface area contributed by atoms with Crippen molar-refractivity contribution in [3.8, 4) is 0 Å². The zero-order valence-corrected chi connectivity index (χ0v) is 18.0. The molecule has 2 aromatic rings. The van der Waals surface area contributed by atoms with Crippen LogP contribution >= 0.6 is 35.0 Å². The Kier molecular flexibility index (Phi) is 6.54. The SMILES string of the molecule is CC(=O)Nc1ccc(S(=O)(=O)N2CCN=C2SCc2ccc(Cl)cc2Cl)cc1. The number of amidine groups is 1. The van der Waals surface area contributed by atoms with Crippen molar-refractivity contribution in [3.05, 3.63) is 58.1 Å². The van der Waals surface area contributed by atoms with E-state index >= 15 is 0 Å². The molecule has 1 aliphatic rings. The second-order valence-corrected chi connectivity index (χ2v) is 9.62. The van der Waals surface area contributed by atoms with Gasteiger partial charge in [-0.05, 0) is 42.0 Å². The van der Waals surface area contributed by atoms with Crippen molar-refractivity contribution in [3.63, 3.8) is 0 Å². The fraction of sp³-hybridized carbons (Fsp3) is 0.222. The molecule has 0 unspecified atom stereocenters.